The second-order valence-electron chi connectivity index (χ2n) is 6.09. The van der Waals surface area contributed by atoms with Gasteiger partial charge in [0.05, 0.1) is 17.6 Å². The predicted molar refractivity (Wildman–Crippen MR) is 111 cm³/mol. The number of aliphatic imine (C=N–C) groups is 1. The molecular weight excluding hydrogens is 376 g/mol. The van der Waals surface area contributed by atoms with Crippen LogP contribution in [0.2, 0.25) is 0 Å². The number of amidine groups is 1. The number of likely N-dealkylation sites (N-methyl/N-ethyl adjacent to an activating group) is 1. The minimum absolute atomic E-state index is 0.0680. The highest BCUT2D eigenvalue weighted by molar-refractivity contribution is 8.18. The zero-order chi connectivity index (χ0) is 20.3. The molecule has 7 heteroatoms. The topological polar surface area (TPSA) is 72.1 Å². The van der Waals surface area contributed by atoms with E-state index in [9.17, 15) is 9.59 Å². The zero-order valence-electron chi connectivity index (χ0n) is 16.3. The van der Waals surface area contributed by atoms with E-state index < -0.39 is 0 Å². The molecule has 1 aromatic heterocycles. The predicted octanol–water partition coefficient (Wildman–Crippen LogP) is 4.35. The van der Waals surface area contributed by atoms with Gasteiger partial charge < -0.3 is 9.15 Å². The van der Waals surface area contributed by atoms with Gasteiger partial charge in [0.25, 0.3) is 5.91 Å². The number of thioether (sulfide) groups is 1. The average molecular weight is 398 g/mol. The van der Waals surface area contributed by atoms with Crippen molar-refractivity contribution in [2.45, 2.75) is 20.8 Å². The van der Waals surface area contributed by atoms with E-state index in [0.29, 0.717) is 35.1 Å². The van der Waals surface area contributed by atoms with E-state index in [0.717, 1.165) is 16.3 Å². The van der Waals surface area contributed by atoms with Gasteiger partial charge in [0, 0.05) is 24.7 Å². The number of methoxy groups -OCH3 is 1. The third kappa shape index (κ3) is 3.75. The fourth-order valence-electron chi connectivity index (χ4n) is 2.98. The summed E-state index contributed by atoms with van der Waals surface area (Å²) in [7, 11) is 1.36. The van der Waals surface area contributed by atoms with Gasteiger partial charge in [-0.25, -0.2) is 4.79 Å². The number of hydrogen-bond donors (Lipinski definition) is 0. The van der Waals surface area contributed by atoms with Crippen LogP contribution in [0, 0.1) is 6.92 Å². The van der Waals surface area contributed by atoms with Crippen molar-refractivity contribution in [2.75, 3.05) is 20.2 Å². The lowest BCUT2D eigenvalue weighted by molar-refractivity contribution is -0.122. The van der Waals surface area contributed by atoms with Gasteiger partial charge in [-0.3, -0.25) is 14.7 Å². The van der Waals surface area contributed by atoms with Crippen LogP contribution in [-0.4, -0.2) is 42.1 Å². The molecule has 0 bridgehead atoms. The molecule has 2 aromatic rings. The van der Waals surface area contributed by atoms with Crippen LogP contribution in [0.15, 0.2) is 44.6 Å². The average Bonchev–Trinajstić information content (AvgIpc) is 3.26. The first kappa shape index (κ1) is 19.9. The number of rotatable bonds is 5. The molecule has 1 amide bonds. The molecule has 6 nitrogen and oxygen atoms in total. The van der Waals surface area contributed by atoms with Crippen molar-refractivity contribution < 1.29 is 18.7 Å². The number of carbonyl (C=O) groups is 2. The summed E-state index contributed by atoms with van der Waals surface area (Å²) in [6.07, 6.45) is 1.73. The first-order chi connectivity index (χ1) is 13.5. The SMILES string of the molecule is CCN=C1S/C(=C/c2ccc(-c3cccc(C(=O)OC)c3C)o2)C(=O)N1CC. The minimum atomic E-state index is -0.386. The standard InChI is InChI=1S/C21H22N2O4S/c1-5-22-21-23(6-2)19(24)18(28-21)12-14-10-11-17(27-14)15-8-7-9-16(13(15)3)20(25)26-4/h7-12H,5-6H2,1-4H3/b18-12+,22-21?. The molecule has 2 heterocycles. The van der Waals surface area contributed by atoms with E-state index in [4.69, 9.17) is 9.15 Å². The molecule has 3 rings (SSSR count). The van der Waals surface area contributed by atoms with E-state index in [-0.39, 0.29) is 11.9 Å². The molecule has 0 radical (unpaired) electrons. The van der Waals surface area contributed by atoms with Gasteiger partial charge in [0.1, 0.15) is 11.5 Å². The lowest BCUT2D eigenvalue weighted by Gasteiger charge is -2.11. The lowest BCUT2D eigenvalue weighted by atomic mass is 10.0. The van der Waals surface area contributed by atoms with Crippen LogP contribution in [0.4, 0.5) is 0 Å². The number of esters is 1. The van der Waals surface area contributed by atoms with Crippen LogP contribution in [0.1, 0.15) is 35.5 Å². The Morgan fingerprint density at radius 3 is 2.75 bits per heavy atom. The highest BCUT2D eigenvalue weighted by Crippen LogP contribution is 2.34. The largest absolute Gasteiger partial charge is 0.465 e. The van der Waals surface area contributed by atoms with Crippen LogP contribution in [0.3, 0.4) is 0 Å². The summed E-state index contributed by atoms with van der Waals surface area (Å²) in [6.45, 7) is 6.92. The summed E-state index contributed by atoms with van der Waals surface area (Å²) in [5, 5.41) is 0.717. The van der Waals surface area contributed by atoms with Crippen molar-refractivity contribution in [1.29, 1.82) is 0 Å². The van der Waals surface area contributed by atoms with Gasteiger partial charge in [0.15, 0.2) is 5.17 Å². The lowest BCUT2D eigenvalue weighted by Crippen LogP contribution is -2.28. The molecule has 0 saturated carbocycles. The van der Waals surface area contributed by atoms with Gasteiger partial charge in [-0.05, 0) is 56.3 Å². The monoisotopic (exact) mass is 398 g/mol. The maximum Gasteiger partial charge on any atom is 0.338 e. The maximum atomic E-state index is 12.6. The Balaban J connectivity index is 1.92. The second kappa shape index (κ2) is 8.48. The number of ether oxygens (including phenoxy) is 1. The van der Waals surface area contributed by atoms with Crippen LogP contribution in [-0.2, 0) is 9.53 Å². The molecule has 0 N–H and O–H groups in total. The van der Waals surface area contributed by atoms with Crippen molar-refractivity contribution in [3.63, 3.8) is 0 Å². The molecule has 0 aliphatic carbocycles. The Bertz CT molecular complexity index is 975. The van der Waals surface area contributed by atoms with Crippen molar-refractivity contribution in [3.05, 3.63) is 52.1 Å². The summed E-state index contributed by atoms with van der Waals surface area (Å²) in [5.74, 6) is 0.744. The van der Waals surface area contributed by atoms with Gasteiger partial charge in [-0.15, -0.1) is 0 Å². The van der Waals surface area contributed by atoms with Crippen LogP contribution in [0.25, 0.3) is 17.4 Å². The van der Waals surface area contributed by atoms with Gasteiger partial charge in [-0.2, -0.15) is 0 Å². The van der Waals surface area contributed by atoms with E-state index in [1.54, 1.807) is 23.1 Å². The van der Waals surface area contributed by atoms with Crippen molar-refractivity contribution in [2.24, 2.45) is 4.99 Å². The van der Waals surface area contributed by atoms with E-state index in [1.807, 2.05) is 39.0 Å². The van der Waals surface area contributed by atoms with Crippen molar-refractivity contribution >= 4 is 34.9 Å². The first-order valence-electron chi connectivity index (χ1n) is 9.04. The Morgan fingerprint density at radius 2 is 2.07 bits per heavy atom. The van der Waals surface area contributed by atoms with Gasteiger partial charge in [-0.1, -0.05) is 12.1 Å². The highest BCUT2D eigenvalue weighted by Gasteiger charge is 2.32. The van der Waals surface area contributed by atoms with Gasteiger partial charge in [0.2, 0.25) is 0 Å². The highest BCUT2D eigenvalue weighted by atomic mass is 32.2. The fourth-order valence-corrected chi connectivity index (χ4v) is 4.06. The molecule has 1 fully saturated rings. The van der Waals surface area contributed by atoms with E-state index in [1.165, 1.54) is 18.9 Å². The Hall–Kier alpha value is -2.80. The fraction of sp³-hybridized carbons (Fsp3) is 0.286. The molecule has 1 saturated heterocycles. The quantitative estimate of drug-likeness (QED) is 0.553. The van der Waals surface area contributed by atoms with E-state index >= 15 is 0 Å². The third-order valence-electron chi connectivity index (χ3n) is 4.40. The Kier molecular flexibility index (Phi) is 6.04. The second-order valence-corrected chi connectivity index (χ2v) is 7.10. The molecule has 1 aromatic carbocycles. The molecule has 0 atom stereocenters. The summed E-state index contributed by atoms with van der Waals surface area (Å²) in [4.78, 5) is 31.1. The Morgan fingerprint density at radius 1 is 1.29 bits per heavy atom. The minimum Gasteiger partial charge on any atom is -0.465 e. The van der Waals surface area contributed by atoms with Crippen LogP contribution >= 0.6 is 11.8 Å². The van der Waals surface area contributed by atoms with Crippen molar-refractivity contribution in [3.8, 4) is 11.3 Å². The van der Waals surface area contributed by atoms with Crippen LogP contribution in [0.5, 0.6) is 0 Å². The number of amides is 1. The number of nitrogens with zero attached hydrogens (tertiary/aromatic N) is 2. The number of hydrogen-bond acceptors (Lipinski definition) is 6. The smallest absolute Gasteiger partial charge is 0.338 e. The molecule has 0 spiro atoms. The molecule has 0 unspecified atom stereocenters. The number of carbonyl (C=O) groups excluding carboxylic acids is 2. The van der Waals surface area contributed by atoms with Crippen molar-refractivity contribution in [1.82, 2.24) is 4.90 Å². The number of furan rings is 1. The number of benzene rings is 1. The summed E-state index contributed by atoms with van der Waals surface area (Å²) in [6, 6.07) is 9.04. The maximum absolute atomic E-state index is 12.6. The third-order valence-corrected chi connectivity index (χ3v) is 5.45. The van der Waals surface area contributed by atoms with Gasteiger partial charge >= 0.3 is 5.97 Å². The van der Waals surface area contributed by atoms with E-state index in [2.05, 4.69) is 4.99 Å². The first-order valence-corrected chi connectivity index (χ1v) is 9.85. The molecule has 1 aliphatic heterocycles. The summed E-state index contributed by atoms with van der Waals surface area (Å²) in [5.41, 5.74) is 2.09. The Labute approximate surface area is 168 Å². The summed E-state index contributed by atoms with van der Waals surface area (Å²) >= 11 is 1.35. The molecule has 146 valence electrons. The summed E-state index contributed by atoms with van der Waals surface area (Å²) < 4.78 is 10.8. The normalized spacial score (nSPS) is 17.0. The molecule has 28 heavy (non-hydrogen) atoms. The zero-order valence-corrected chi connectivity index (χ0v) is 17.1. The van der Waals surface area contributed by atoms with Crippen LogP contribution < -0.4 is 0 Å². The molecular formula is C21H22N2O4S. The molecule has 1 aliphatic rings.